The third kappa shape index (κ3) is 3.69. The third-order valence-electron chi connectivity index (χ3n) is 3.98. The lowest BCUT2D eigenvalue weighted by atomic mass is 10.1. The highest BCUT2D eigenvalue weighted by molar-refractivity contribution is 6.20. The number of hydrogen-bond donors (Lipinski definition) is 0. The molecule has 0 saturated heterocycles. The van der Waals surface area contributed by atoms with Crippen LogP contribution in [0.2, 0.25) is 0 Å². The van der Waals surface area contributed by atoms with Crippen molar-refractivity contribution in [3.63, 3.8) is 0 Å². The summed E-state index contributed by atoms with van der Waals surface area (Å²) in [7, 11) is 0. The van der Waals surface area contributed by atoms with Crippen LogP contribution in [-0.4, -0.2) is 43.4 Å². The molecule has 0 aromatic carbocycles. The first kappa shape index (κ1) is 21.2. The molecule has 0 radical (unpaired) electrons. The van der Waals surface area contributed by atoms with Crippen LogP contribution in [0, 0.1) is 6.92 Å². The molecule has 2 amide bonds. The van der Waals surface area contributed by atoms with Gasteiger partial charge in [-0.2, -0.15) is 18.1 Å². The van der Waals surface area contributed by atoms with E-state index in [4.69, 9.17) is 9.15 Å². The molecule has 0 bridgehead atoms. The molecule has 13 heteroatoms. The van der Waals surface area contributed by atoms with E-state index < -0.39 is 35.8 Å². The average Bonchev–Trinajstić information content (AvgIpc) is 3.27. The van der Waals surface area contributed by atoms with Crippen molar-refractivity contribution in [3.8, 4) is 0 Å². The quantitative estimate of drug-likeness (QED) is 0.624. The Bertz CT molecular complexity index is 1100. The molecule has 0 unspecified atom stereocenters. The fraction of sp³-hybridized carbons (Fsp3) is 0.412. The minimum Gasteiger partial charge on any atom is -0.449 e. The molecule has 0 aliphatic rings. The van der Waals surface area contributed by atoms with Crippen LogP contribution >= 0.6 is 0 Å². The Kier molecular flexibility index (Phi) is 5.46. The van der Waals surface area contributed by atoms with Crippen molar-refractivity contribution in [1.29, 1.82) is 0 Å². The summed E-state index contributed by atoms with van der Waals surface area (Å²) in [6.07, 6.45) is -5.86. The van der Waals surface area contributed by atoms with Crippen LogP contribution in [0.5, 0.6) is 0 Å². The summed E-state index contributed by atoms with van der Waals surface area (Å²) in [5, 5.41) is 14.8. The molecule has 30 heavy (non-hydrogen) atoms. The van der Waals surface area contributed by atoms with Crippen LogP contribution in [0.25, 0.3) is 5.65 Å². The number of aromatic nitrogens is 5. The monoisotopic (exact) mass is 426 g/mol. The fourth-order valence-corrected chi connectivity index (χ4v) is 2.71. The van der Waals surface area contributed by atoms with Crippen LogP contribution in [-0.2, 0) is 10.9 Å². The van der Waals surface area contributed by atoms with Gasteiger partial charge in [-0.05, 0) is 19.1 Å². The molecule has 160 valence electrons. The Hall–Kier alpha value is -3.51. The van der Waals surface area contributed by atoms with Crippen molar-refractivity contribution in [2.45, 2.75) is 39.8 Å². The second kappa shape index (κ2) is 7.72. The molecular formula is C17H17F3N6O4. The number of nitrogens with zero attached hydrogens (tertiary/aromatic N) is 6. The van der Waals surface area contributed by atoms with Gasteiger partial charge >= 0.3 is 18.3 Å². The molecule has 0 aliphatic carbocycles. The number of hydrogen-bond acceptors (Lipinski definition) is 8. The second-order valence-corrected chi connectivity index (χ2v) is 6.45. The predicted molar refractivity (Wildman–Crippen MR) is 94.9 cm³/mol. The predicted octanol–water partition coefficient (Wildman–Crippen LogP) is 3.37. The normalized spacial score (nSPS) is 11.9. The summed E-state index contributed by atoms with van der Waals surface area (Å²) in [5.41, 5.74) is -1.76. The van der Waals surface area contributed by atoms with Crippen LogP contribution in [0.4, 0.5) is 24.0 Å². The number of aryl methyl sites for hydroxylation is 1. The lowest BCUT2D eigenvalue weighted by molar-refractivity contribution is -0.142. The number of amides is 2. The van der Waals surface area contributed by atoms with Crippen LogP contribution in [0.3, 0.4) is 0 Å². The SMILES string of the molecule is CCOC(=O)N(C(=O)c1ccc(C(F)(F)F)n2c(C(C)C)nnc12)c1nnc(C)o1. The number of carbonyl (C=O) groups excluding carboxylic acids is 2. The van der Waals surface area contributed by atoms with E-state index in [1.54, 1.807) is 13.8 Å². The first-order chi connectivity index (χ1) is 14.1. The number of carbonyl (C=O) groups is 2. The van der Waals surface area contributed by atoms with Gasteiger partial charge in [0.25, 0.3) is 5.91 Å². The number of anilines is 1. The van der Waals surface area contributed by atoms with Crippen molar-refractivity contribution in [3.05, 3.63) is 35.1 Å². The number of rotatable bonds is 4. The van der Waals surface area contributed by atoms with Gasteiger partial charge in [-0.25, -0.2) is 4.79 Å². The van der Waals surface area contributed by atoms with E-state index in [1.165, 1.54) is 13.8 Å². The largest absolute Gasteiger partial charge is 0.449 e. The van der Waals surface area contributed by atoms with E-state index in [1.807, 2.05) is 0 Å². The van der Waals surface area contributed by atoms with Crippen LogP contribution in [0.15, 0.2) is 16.5 Å². The number of pyridine rings is 1. The maximum absolute atomic E-state index is 13.5. The summed E-state index contributed by atoms with van der Waals surface area (Å²) >= 11 is 0. The lowest BCUT2D eigenvalue weighted by Gasteiger charge is -2.17. The Balaban J connectivity index is 2.21. The smallest absolute Gasteiger partial charge is 0.431 e. The van der Waals surface area contributed by atoms with E-state index in [9.17, 15) is 22.8 Å². The maximum atomic E-state index is 13.5. The highest BCUT2D eigenvalue weighted by atomic mass is 19.4. The lowest BCUT2D eigenvalue weighted by Crippen LogP contribution is -2.38. The first-order valence-electron chi connectivity index (χ1n) is 8.82. The molecule has 0 fully saturated rings. The van der Waals surface area contributed by atoms with Gasteiger partial charge in [0.1, 0.15) is 11.5 Å². The topological polar surface area (TPSA) is 116 Å². The molecular weight excluding hydrogens is 409 g/mol. The van der Waals surface area contributed by atoms with Gasteiger partial charge in [-0.15, -0.1) is 15.3 Å². The van der Waals surface area contributed by atoms with E-state index in [0.717, 1.165) is 16.5 Å². The molecule has 3 rings (SSSR count). The van der Waals surface area contributed by atoms with E-state index in [0.29, 0.717) is 4.90 Å². The van der Waals surface area contributed by atoms with Gasteiger partial charge in [0.15, 0.2) is 5.65 Å². The summed E-state index contributed by atoms with van der Waals surface area (Å²) < 4.78 is 51.4. The van der Waals surface area contributed by atoms with Crippen molar-refractivity contribution in [2.75, 3.05) is 11.5 Å². The number of halogens is 3. The standard InChI is InChI=1S/C17H17F3N6O4/c1-5-29-16(28)26(15-24-21-9(4)30-15)14(27)10-6-7-11(17(18,19)20)25-12(8(2)3)22-23-13(10)25/h6-8H,5H2,1-4H3. The van der Waals surface area contributed by atoms with Gasteiger partial charge in [0, 0.05) is 12.8 Å². The van der Waals surface area contributed by atoms with Crippen molar-refractivity contribution < 1.29 is 31.9 Å². The Morgan fingerprint density at radius 3 is 2.43 bits per heavy atom. The summed E-state index contributed by atoms with van der Waals surface area (Å²) in [6.45, 7) is 6.16. The summed E-state index contributed by atoms with van der Waals surface area (Å²) in [4.78, 5) is 26.0. The summed E-state index contributed by atoms with van der Waals surface area (Å²) in [5.74, 6) is -1.41. The average molecular weight is 426 g/mol. The van der Waals surface area contributed by atoms with Gasteiger partial charge in [-0.3, -0.25) is 9.20 Å². The fourth-order valence-electron chi connectivity index (χ4n) is 2.71. The van der Waals surface area contributed by atoms with Crippen LogP contribution < -0.4 is 4.90 Å². The van der Waals surface area contributed by atoms with E-state index >= 15 is 0 Å². The summed E-state index contributed by atoms with van der Waals surface area (Å²) in [6, 6.07) is 1.14. The Morgan fingerprint density at radius 2 is 1.90 bits per heavy atom. The van der Waals surface area contributed by atoms with Crippen molar-refractivity contribution in [1.82, 2.24) is 24.8 Å². The highest BCUT2D eigenvalue weighted by Gasteiger charge is 2.38. The third-order valence-corrected chi connectivity index (χ3v) is 3.98. The second-order valence-electron chi connectivity index (χ2n) is 6.45. The molecule has 0 spiro atoms. The van der Waals surface area contributed by atoms with Gasteiger partial charge < -0.3 is 9.15 Å². The van der Waals surface area contributed by atoms with Gasteiger partial charge in [-0.1, -0.05) is 18.9 Å². The molecule has 0 aliphatic heterocycles. The number of ether oxygens (including phenoxy) is 1. The zero-order chi connectivity index (χ0) is 22.2. The minimum atomic E-state index is -4.73. The van der Waals surface area contributed by atoms with Crippen molar-refractivity contribution in [2.24, 2.45) is 0 Å². The van der Waals surface area contributed by atoms with Gasteiger partial charge in [0.2, 0.25) is 5.89 Å². The molecule has 3 aromatic heterocycles. The Labute approximate surface area is 167 Å². The van der Waals surface area contributed by atoms with E-state index in [2.05, 4.69) is 20.4 Å². The molecule has 10 nitrogen and oxygen atoms in total. The van der Waals surface area contributed by atoms with Gasteiger partial charge in [0.05, 0.1) is 12.2 Å². The number of alkyl halides is 3. The molecule has 3 heterocycles. The zero-order valence-corrected chi connectivity index (χ0v) is 16.4. The zero-order valence-electron chi connectivity index (χ0n) is 16.4. The number of imide groups is 1. The highest BCUT2D eigenvalue weighted by Crippen LogP contribution is 2.33. The van der Waals surface area contributed by atoms with E-state index in [-0.39, 0.29) is 29.5 Å². The molecule has 0 N–H and O–H groups in total. The maximum Gasteiger partial charge on any atom is 0.431 e. The molecule has 0 saturated carbocycles. The number of fused-ring (bicyclic) bond motifs is 1. The molecule has 0 atom stereocenters. The minimum absolute atomic E-state index is 0.00305. The Morgan fingerprint density at radius 1 is 1.20 bits per heavy atom. The van der Waals surface area contributed by atoms with Crippen LogP contribution in [0.1, 0.15) is 54.5 Å². The molecule has 3 aromatic rings. The van der Waals surface area contributed by atoms with Crippen molar-refractivity contribution >= 4 is 23.7 Å². The first-order valence-corrected chi connectivity index (χ1v) is 8.82.